The number of benzene rings is 1. The van der Waals surface area contributed by atoms with Crippen molar-refractivity contribution in [2.45, 2.75) is 6.42 Å². The maximum Gasteiger partial charge on any atom is 0.235 e. The zero-order chi connectivity index (χ0) is 11.3. The standard InChI is InChI=1S/C10H11BrN2O2/c11-6-10(15)13-8-4-2-1-3-7(8)5-9(12)14/h1-4H,5-6H2,(H2,12,14)(H,13,15). The van der Waals surface area contributed by atoms with Crippen molar-refractivity contribution in [1.82, 2.24) is 0 Å². The molecule has 4 nitrogen and oxygen atoms in total. The number of carbonyl (C=O) groups is 2. The minimum atomic E-state index is -0.421. The number of halogens is 1. The normalized spacial score (nSPS) is 9.67. The van der Waals surface area contributed by atoms with Crippen molar-refractivity contribution in [2.24, 2.45) is 5.73 Å². The van der Waals surface area contributed by atoms with Gasteiger partial charge >= 0.3 is 0 Å². The fourth-order valence-electron chi connectivity index (χ4n) is 1.17. The van der Waals surface area contributed by atoms with Gasteiger partial charge in [-0.1, -0.05) is 34.1 Å². The molecule has 0 aromatic heterocycles. The maximum absolute atomic E-state index is 11.1. The van der Waals surface area contributed by atoms with E-state index in [1.54, 1.807) is 24.3 Å². The van der Waals surface area contributed by atoms with E-state index < -0.39 is 5.91 Å². The summed E-state index contributed by atoms with van der Waals surface area (Å²) in [6.45, 7) is 0. The number of primary amides is 1. The molecule has 0 radical (unpaired) electrons. The third-order valence-electron chi connectivity index (χ3n) is 1.78. The zero-order valence-corrected chi connectivity index (χ0v) is 9.58. The molecular formula is C10H11BrN2O2. The minimum Gasteiger partial charge on any atom is -0.369 e. The van der Waals surface area contributed by atoms with E-state index in [0.29, 0.717) is 5.69 Å². The lowest BCUT2D eigenvalue weighted by Gasteiger charge is -2.08. The molecule has 15 heavy (non-hydrogen) atoms. The first-order valence-electron chi connectivity index (χ1n) is 4.35. The van der Waals surface area contributed by atoms with E-state index in [2.05, 4.69) is 21.2 Å². The first kappa shape index (κ1) is 11.7. The molecule has 0 heterocycles. The molecule has 80 valence electrons. The summed E-state index contributed by atoms with van der Waals surface area (Å²) in [6.07, 6.45) is 0.124. The van der Waals surface area contributed by atoms with Crippen LogP contribution >= 0.6 is 15.9 Å². The fourth-order valence-corrected chi connectivity index (χ4v) is 1.31. The molecular weight excluding hydrogens is 260 g/mol. The molecule has 2 amide bonds. The summed E-state index contributed by atoms with van der Waals surface area (Å²) in [5, 5.41) is 2.89. The van der Waals surface area contributed by atoms with Crippen molar-refractivity contribution >= 4 is 33.4 Å². The topological polar surface area (TPSA) is 72.2 Å². The molecule has 0 fully saturated rings. The first-order chi connectivity index (χ1) is 7.13. The number of alkyl halides is 1. The average Bonchev–Trinajstić information content (AvgIpc) is 2.20. The van der Waals surface area contributed by atoms with Crippen molar-refractivity contribution in [3.05, 3.63) is 29.8 Å². The van der Waals surface area contributed by atoms with E-state index in [-0.39, 0.29) is 17.7 Å². The second-order valence-electron chi connectivity index (χ2n) is 2.98. The van der Waals surface area contributed by atoms with Crippen LogP contribution in [0.3, 0.4) is 0 Å². The molecule has 0 spiro atoms. The molecule has 0 bridgehead atoms. The van der Waals surface area contributed by atoms with E-state index in [9.17, 15) is 9.59 Å². The van der Waals surface area contributed by atoms with Gasteiger partial charge in [0.1, 0.15) is 0 Å². The number of nitrogens with one attached hydrogen (secondary N) is 1. The van der Waals surface area contributed by atoms with Gasteiger partial charge < -0.3 is 11.1 Å². The van der Waals surface area contributed by atoms with Crippen LogP contribution < -0.4 is 11.1 Å². The molecule has 0 aliphatic heterocycles. The van der Waals surface area contributed by atoms with Gasteiger partial charge in [0.05, 0.1) is 11.8 Å². The van der Waals surface area contributed by atoms with Crippen molar-refractivity contribution in [3.63, 3.8) is 0 Å². The summed E-state index contributed by atoms with van der Waals surface area (Å²) in [6, 6.07) is 7.07. The summed E-state index contributed by atoms with van der Waals surface area (Å²) in [5.74, 6) is -0.581. The number of anilines is 1. The van der Waals surface area contributed by atoms with Gasteiger partial charge in [-0.25, -0.2) is 0 Å². The van der Waals surface area contributed by atoms with Gasteiger partial charge in [0.15, 0.2) is 0 Å². The summed E-state index contributed by atoms with van der Waals surface area (Å²) in [5.41, 5.74) is 6.44. The van der Waals surface area contributed by atoms with Crippen LogP contribution in [0, 0.1) is 0 Å². The number of hydrogen-bond acceptors (Lipinski definition) is 2. The second kappa shape index (κ2) is 5.50. The van der Waals surface area contributed by atoms with Gasteiger partial charge in [-0.3, -0.25) is 9.59 Å². The van der Waals surface area contributed by atoms with Gasteiger partial charge in [0.25, 0.3) is 0 Å². The lowest BCUT2D eigenvalue weighted by molar-refractivity contribution is -0.117. The van der Waals surface area contributed by atoms with E-state index in [1.165, 1.54) is 0 Å². The van der Waals surface area contributed by atoms with Gasteiger partial charge in [0, 0.05) is 5.69 Å². The molecule has 0 aliphatic rings. The molecule has 5 heteroatoms. The first-order valence-corrected chi connectivity index (χ1v) is 5.47. The molecule has 3 N–H and O–H groups in total. The number of nitrogens with two attached hydrogens (primary N) is 1. The number of para-hydroxylation sites is 1. The Bertz CT molecular complexity index is 379. The van der Waals surface area contributed by atoms with Crippen LogP contribution in [0.25, 0.3) is 0 Å². The highest BCUT2D eigenvalue weighted by Crippen LogP contribution is 2.15. The van der Waals surface area contributed by atoms with E-state index in [4.69, 9.17) is 5.73 Å². The highest BCUT2D eigenvalue weighted by atomic mass is 79.9. The molecule has 0 aliphatic carbocycles. The highest BCUT2D eigenvalue weighted by molar-refractivity contribution is 9.09. The van der Waals surface area contributed by atoms with Crippen LogP contribution in [-0.2, 0) is 16.0 Å². The predicted octanol–water partition coefficient (Wildman–Crippen LogP) is 1.05. The van der Waals surface area contributed by atoms with Crippen molar-refractivity contribution < 1.29 is 9.59 Å². The molecule has 0 saturated carbocycles. The van der Waals surface area contributed by atoms with Crippen LogP contribution in [0.4, 0.5) is 5.69 Å². The third-order valence-corrected chi connectivity index (χ3v) is 2.29. The van der Waals surface area contributed by atoms with Gasteiger partial charge in [-0.2, -0.15) is 0 Å². The van der Waals surface area contributed by atoms with Gasteiger partial charge in [-0.15, -0.1) is 0 Å². The van der Waals surface area contributed by atoms with Gasteiger partial charge in [0.2, 0.25) is 11.8 Å². The third kappa shape index (κ3) is 3.71. The van der Waals surface area contributed by atoms with Crippen molar-refractivity contribution in [1.29, 1.82) is 0 Å². The highest BCUT2D eigenvalue weighted by Gasteiger charge is 2.06. The second-order valence-corrected chi connectivity index (χ2v) is 3.54. The largest absolute Gasteiger partial charge is 0.369 e. The Morgan fingerprint density at radius 3 is 2.60 bits per heavy atom. The fraction of sp³-hybridized carbons (Fsp3) is 0.200. The van der Waals surface area contributed by atoms with Gasteiger partial charge in [-0.05, 0) is 11.6 Å². The zero-order valence-electron chi connectivity index (χ0n) is 8.00. The smallest absolute Gasteiger partial charge is 0.235 e. The van der Waals surface area contributed by atoms with Crippen LogP contribution in [0.1, 0.15) is 5.56 Å². The van der Waals surface area contributed by atoms with Crippen molar-refractivity contribution in [2.75, 3.05) is 10.6 Å². The molecule has 1 rings (SSSR count). The number of rotatable bonds is 4. The average molecular weight is 271 g/mol. The number of carbonyl (C=O) groups excluding carboxylic acids is 2. The van der Waals surface area contributed by atoms with Crippen molar-refractivity contribution in [3.8, 4) is 0 Å². The summed E-state index contributed by atoms with van der Waals surface area (Å²) in [7, 11) is 0. The van der Waals surface area contributed by atoms with Crippen LogP contribution in [0.2, 0.25) is 0 Å². The van der Waals surface area contributed by atoms with Crippen LogP contribution in [-0.4, -0.2) is 17.1 Å². The Hall–Kier alpha value is -1.36. The predicted molar refractivity (Wildman–Crippen MR) is 61.8 cm³/mol. The van der Waals surface area contributed by atoms with E-state index in [0.717, 1.165) is 5.56 Å². The molecule has 0 unspecified atom stereocenters. The lowest BCUT2D eigenvalue weighted by atomic mass is 10.1. The molecule has 1 aromatic carbocycles. The minimum absolute atomic E-state index is 0.124. The summed E-state index contributed by atoms with van der Waals surface area (Å²) < 4.78 is 0. The maximum atomic E-state index is 11.1. The monoisotopic (exact) mass is 270 g/mol. The molecule has 0 saturated heterocycles. The Balaban J connectivity index is 2.85. The molecule has 1 aromatic rings. The Morgan fingerprint density at radius 1 is 1.33 bits per heavy atom. The SMILES string of the molecule is NC(=O)Cc1ccccc1NC(=O)CBr. The number of hydrogen-bond donors (Lipinski definition) is 2. The quantitative estimate of drug-likeness (QED) is 0.803. The summed E-state index contributed by atoms with van der Waals surface area (Å²) in [4.78, 5) is 21.9. The van der Waals surface area contributed by atoms with Crippen LogP contribution in [0.5, 0.6) is 0 Å². The molecule has 0 atom stereocenters. The Morgan fingerprint density at radius 2 is 2.00 bits per heavy atom. The Kier molecular flexibility index (Phi) is 4.30. The van der Waals surface area contributed by atoms with Crippen LogP contribution in [0.15, 0.2) is 24.3 Å². The lowest BCUT2D eigenvalue weighted by Crippen LogP contribution is -2.17. The summed E-state index contributed by atoms with van der Waals surface area (Å²) >= 11 is 3.04. The Labute approximate surface area is 96.0 Å². The van der Waals surface area contributed by atoms with E-state index >= 15 is 0 Å². The number of amides is 2. The van der Waals surface area contributed by atoms with E-state index in [1.807, 2.05) is 0 Å².